The van der Waals surface area contributed by atoms with Gasteiger partial charge in [0.25, 0.3) is 0 Å². The molecular formula is C30H47N9O2. The zero-order valence-electron chi connectivity index (χ0n) is 25.1. The number of amidine groups is 1. The number of amides is 2. The van der Waals surface area contributed by atoms with Gasteiger partial charge in [-0.05, 0) is 63.1 Å². The average Bonchev–Trinajstić information content (AvgIpc) is 2.97. The summed E-state index contributed by atoms with van der Waals surface area (Å²) in [5, 5.41) is 6.20. The molecule has 2 saturated heterocycles. The molecule has 1 aromatic carbocycles. The highest BCUT2D eigenvalue weighted by Gasteiger charge is 2.33. The van der Waals surface area contributed by atoms with Crippen molar-refractivity contribution in [1.82, 2.24) is 20.0 Å². The molecule has 0 radical (unpaired) electrons. The number of anilines is 2. The van der Waals surface area contributed by atoms with E-state index >= 15 is 0 Å². The number of aryl methyl sites for hydroxylation is 1. The van der Waals surface area contributed by atoms with Crippen LogP contribution in [0.25, 0.3) is 0 Å². The van der Waals surface area contributed by atoms with Crippen molar-refractivity contribution in [2.75, 3.05) is 76.7 Å². The number of benzene rings is 1. The van der Waals surface area contributed by atoms with Gasteiger partial charge in [-0.1, -0.05) is 13.5 Å². The second-order valence-electron chi connectivity index (χ2n) is 11.3. The maximum absolute atomic E-state index is 12.4. The minimum Gasteiger partial charge on any atom is -0.371 e. The molecule has 2 fully saturated rings. The van der Waals surface area contributed by atoms with Gasteiger partial charge in [-0.2, -0.15) is 0 Å². The lowest BCUT2D eigenvalue weighted by Crippen LogP contribution is -2.52. The number of carbonyl (C=O) groups is 2. The Labute approximate surface area is 244 Å². The summed E-state index contributed by atoms with van der Waals surface area (Å²) in [5.74, 6) is -0.0550. The Kier molecular flexibility index (Phi) is 10.4. The summed E-state index contributed by atoms with van der Waals surface area (Å²) in [6.45, 7) is 15.3. The Bertz CT molecular complexity index is 1150. The van der Waals surface area contributed by atoms with Gasteiger partial charge in [0.1, 0.15) is 5.84 Å². The van der Waals surface area contributed by atoms with Gasteiger partial charge in [-0.15, -0.1) is 0 Å². The van der Waals surface area contributed by atoms with Crippen LogP contribution in [-0.2, 0) is 9.59 Å². The number of likely N-dealkylation sites (N-methyl/N-ethyl adjacent to an activating group) is 2. The fraction of sp³-hybridized carbons (Fsp3) is 0.600. The van der Waals surface area contributed by atoms with Gasteiger partial charge >= 0.3 is 0 Å². The number of nitrogens with two attached hydrogens (primary N) is 1. The Morgan fingerprint density at radius 2 is 1.85 bits per heavy atom. The van der Waals surface area contributed by atoms with E-state index in [2.05, 4.69) is 64.1 Å². The third-order valence-corrected chi connectivity index (χ3v) is 8.40. The van der Waals surface area contributed by atoms with Crippen LogP contribution in [0.1, 0.15) is 31.7 Å². The molecule has 3 aliphatic rings. The third-order valence-electron chi connectivity index (χ3n) is 8.40. The van der Waals surface area contributed by atoms with E-state index in [-0.39, 0.29) is 5.91 Å². The number of nitrogens with zero attached hydrogens (tertiary/aromatic N) is 6. The second kappa shape index (κ2) is 14.0. The van der Waals surface area contributed by atoms with Gasteiger partial charge in [-0.25, -0.2) is 4.99 Å². The first-order chi connectivity index (χ1) is 19.7. The van der Waals surface area contributed by atoms with Gasteiger partial charge in [0, 0.05) is 76.8 Å². The van der Waals surface area contributed by atoms with Crippen molar-refractivity contribution in [2.45, 2.75) is 51.4 Å². The SMILES string of the molecule is C=CC(=O)NCCN(C)C1=NC(Nc2ccc(N3CCC(N4CCN(C)CC4)CC3)c(C)c2)C(C(N)=O)N=C1CC. The predicted molar refractivity (Wildman–Crippen MR) is 167 cm³/mol. The topological polar surface area (TPSA) is 122 Å². The maximum atomic E-state index is 12.4. The molecule has 3 heterocycles. The zero-order valence-corrected chi connectivity index (χ0v) is 25.1. The van der Waals surface area contributed by atoms with Crippen LogP contribution in [0.2, 0.25) is 0 Å². The van der Waals surface area contributed by atoms with Crippen molar-refractivity contribution in [3.8, 4) is 0 Å². The Balaban J connectivity index is 1.42. The first-order valence-electron chi connectivity index (χ1n) is 14.8. The molecule has 2 amide bonds. The van der Waals surface area contributed by atoms with Crippen LogP contribution < -0.4 is 21.3 Å². The van der Waals surface area contributed by atoms with E-state index in [9.17, 15) is 9.59 Å². The van der Waals surface area contributed by atoms with Crippen molar-refractivity contribution < 1.29 is 9.59 Å². The normalized spacial score (nSPS) is 22.5. The highest BCUT2D eigenvalue weighted by Crippen LogP contribution is 2.29. The lowest BCUT2D eigenvalue weighted by molar-refractivity contribution is -0.119. The Hall–Kier alpha value is -3.44. The smallest absolute Gasteiger partial charge is 0.246 e. The van der Waals surface area contributed by atoms with E-state index in [1.807, 2.05) is 18.9 Å². The molecule has 0 spiro atoms. The van der Waals surface area contributed by atoms with Crippen molar-refractivity contribution in [2.24, 2.45) is 15.7 Å². The highest BCUT2D eigenvalue weighted by atomic mass is 16.2. The number of piperazine rings is 1. The standard InChI is InChI=1S/C30H47N9O2/c1-6-24-30(37(5)15-12-32-26(40)7-2)35-29(27(34-24)28(31)41)33-22-8-9-25(21(3)20-22)39-13-10-23(11-14-39)38-18-16-36(4)17-19-38/h7-9,20,23,27,29,33H,2,6,10-19H2,1,3-5H3,(H2,31,41)(H,32,40). The minimum absolute atomic E-state index is 0.222. The molecule has 4 N–H and O–H groups in total. The van der Waals surface area contributed by atoms with Crippen LogP contribution in [0, 0.1) is 6.92 Å². The van der Waals surface area contributed by atoms with Crippen LogP contribution in [-0.4, -0.2) is 123 Å². The van der Waals surface area contributed by atoms with Gasteiger partial charge in [-0.3, -0.25) is 19.5 Å². The van der Waals surface area contributed by atoms with E-state index in [0.29, 0.717) is 31.4 Å². The van der Waals surface area contributed by atoms with Crippen molar-refractivity contribution in [3.05, 3.63) is 36.4 Å². The molecule has 11 nitrogen and oxygen atoms in total. The molecule has 41 heavy (non-hydrogen) atoms. The molecule has 4 rings (SSSR count). The number of hydrogen-bond donors (Lipinski definition) is 3. The van der Waals surface area contributed by atoms with E-state index in [1.165, 1.54) is 43.3 Å². The summed E-state index contributed by atoms with van der Waals surface area (Å²) in [6.07, 6.45) is 3.60. The van der Waals surface area contributed by atoms with Gasteiger partial charge in [0.05, 0.1) is 5.71 Å². The summed E-state index contributed by atoms with van der Waals surface area (Å²) >= 11 is 0. The van der Waals surface area contributed by atoms with Crippen LogP contribution in [0.3, 0.4) is 0 Å². The van der Waals surface area contributed by atoms with E-state index < -0.39 is 18.1 Å². The Morgan fingerprint density at radius 3 is 2.46 bits per heavy atom. The maximum Gasteiger partial charge on any atom is 0.246 e. The first-order valence-corrected chi connectivity index (χ1v) is 14.8. The number of aliphatic imine (C=N–C) groups is 2. The fourth-order valence-corrected chi connectivity index (χ4v) is 5.93. The summed E-state index contributed by atoms with van der Waals surface area (Å²) in [7, 11) is 4.11. The van der Waals surface area contributed by atoms with Crippen LogP contribution >= 0.6 is 0 Å². The monoisotopic (exact) mass is 565 g/mol. The van der Waals surface area contributed by atoms with Gasteiger partial charge in [0.2, 0.25) is 11.8 Å². The number of primary amides is 1. The van der Waals surface area contributed by atoms with Crippen LogP contribution in [0.15, 0.2) is 40.8 Å². The lowest BCUT2D eigenvalue weighted by Gasteiger charge is -2.43. The minimum atomic E-state index is -0.809. The second-order valence-corrected chi connectivity index (χ2v) is 11.3. The van der Waals surface area contributed by atoms with Crippen molar-refractivity contribution >= 4 is 34.7 Å². The highest BCUT2D eigenvalue weighted by molar-refractivity contribution is 6.42. The predicted octanol–water partition coefficient (Wildman–Crippen LogP) is 1.30. The van der Waals surface area contributed by atoms with E-state index in [4.69, 9.17) is 15.7 Å². The number of carbonyl (C=O) groups excluding carboxylic acids is 2. The third kappa shape index (κ3) is 7.65. The number of nitrogens with one attached hydrogen (secondary N) is 2. The summed E-state index contributed by atoms with van der Waals surface area (Å²) in [6, 6.07) is 6.19. The quantitative estimate of drug-likeness (QED) is 0.366. The molecule has 0 saturated carbocycles. The summed E-state index contributed by atoms with van der Waals surface area (Å²) in [5.41, 5.74) is 9.78. The van der Waals surface area contributed by atoms with Crippen LogP contribution in [0.4, 0.5) is 11.4 Å². The zero-order chi connectivity index (χ0) is 29.5. The number of rotatable bonds is 10. The van der Waals surface area contributed by atoms with Crippen molar-refractivity contribution in [3.63, 3.8) is 0 Å². The van der Waals surface area contributed by atoms with Gasteiger partial charge < -0.3 is 31.1 Å². The largest absolute Gasteiger partial charge is 0.371 e. The van der Waals surface area contributed by atoms with E-state index in [1.54, 1.807) is 0 Å². The molecule has 224 valence electrons. The van der Waals surface area contributed by atoms with Gasteiger partial charge in [0.15, 0.2) is 12.2 Å². The lowest BCUT2D eigenvalue weighted by atomic mass is 10.0. The number of piperidine rings is 1. The summed E-state index contributed by atoms with van der Waals surface area (Å²) < 4.78 is 0. The molecule has 2 atom stereocenters. The molecule has 1 aromatic rings. The molecular weight excluding hydrogens is 518 g/mol. The Morgan fingerprint density at radius 1 is 1.15 bits per heavy atom. The molecule has 11 heteroatoms. The molecule has 2 unspecified atom stereocenters. The number of hydrogen-bond acceptors (Lipinski definition) is 9. The van der Waals surface area contributed by atoms with E-state index in [0.717, 1.165) is 37.6 Å². The van der Waals surface area contributed by atoms with Crippen LogP contribution in [0.5, 0.6) is 0 Å². The molecule has 3 aliphatic heterocycles. The first kappa shape index (κ1) is 30.5. The molecule has 0 aromatic heterocycles. The average molecular weight is 566 g/mol. The molecule has 0 bridgehead atoms. The van der Waals surface area contributed by atoms with Crippen molar-refractivity contribution in [1.29, 1.82) is 0 Å². The molecule has 0 aliphatic carbocycles. The fourth-order valence-electron chi connectivity index (χ4n) is 5.93. The summed E-state index contributed by atoms with van der Waals surface area (Å²) in [4.78, 5) is 43.0.